The number of rotatable bonds is 4. The van der Waals surface area contributed by atoms with Gasteiger partial charge in [0.05, 0.1) is 25.8 Å². The van der Waals surface area contributed by atoms with Crippen LogP contribution in [0.3, 0.4) is 0 Å². The number of anilines is 1. The van der Waals surface area contributed by atoms with Crippen molar-refractivity contribution in [3.8, 4) is 5.75 Å². The highest BCUT2D eigenvalue weighted by atomic mass is 32.2. The van der Waals surface area contributed by atoms with E-state index in [9.17, 15) is 4.79 Å². The van der Waals surface area contributed by atoms with Crippen LogP contribution in [0.25, 0.3) is 0 Å². The Hall–Kier alpha value is -1.95. The summed E-state index contributed by atoms with van der Waals surface area (Å²) in [7, 11) is 1.59. The van der Waals surface area contributed by atoms with Gasteiger partial charge in [0, 0.05) is 12.2 Å². The van der Waals surface area contributed by atoms with Gasteiger partial charge in [-0.05, 0) is 17.5 Å². The van der Waals surface area contributed by atoms with Crippen molar-refractivity contribution in [3.05, 3.63) is 35.4 Å². The van der Waals surface area contributed by atoms with Crippen molar-refractivity contribution in [3.63, 3.8) is 0 Å². The van der Waals surface area contributed by atoms with E-state index in [1.165, 1.54) is 0 Å². The van der Waals surface area contributed by atoms with Crippen LogP contribution >= 0.6 is 11.8 Å². The minimum atomic E-state index is -0.0468. The quantitative estimate of drug-likeness (QED) is 0.924. The summed E-state index contributed by atoms with van der Waals surface area (Å²) in [4.78, 5) is 18.6. The zero-order valence-corrected chi connectivity index (χ0v) is 11.9. The number of carbonyl (C=O) groups excluding carboxylic acids is 1. The molecule has 3 rings (SSSR count). The van der Waals surface area contributed by atoms with Crippen LogP contribution < -0.4 is 10.1 Å². The van der Waals surface area contributed by atoms with E-state index in [2.05, 4.69) is 15.2 Å². The molecular formula is C14H15N3O2S. The molecule has 104 valence electrons. The van der Waals surface area contributed by atoms with Gasteiger partial charge in [0.1, 0.15) is 5.75 Å². The lowest BCUT2D eigenvalue weighted by Gasteiger charge is -2.16. The van der Waals surface area contributed by atoms with Gasteiger partial charge in [0.25, 0.3) is 0 Å². The van der Waals surface area contributed by atoms with Crippen molar-refractivity contribution < 1.29 is 9.53 Å². The number of aliphatic imine (C=N–C) groups is 1. The molecule has 1 aromatic rings. The molecule has 0 spiro atoms. The summed E-state index contributed by atoms with van der Waals surface area (Å²) in [6, 6.07) is 7.40. The molecule has 2 aliphatic rings. The number of amides is 1. The molecule has 0 saturated carbocycles. The Labute approximate surface area is 121 Å². The number of ether oxygens (including phenoxy) is 1. The first kappa shape index (κ1) is 13.1. The lowest BCUT2D eigenvalue weighted by Crippen LogP contribution is -2.24. The van der Waals surface area contributed by atoms with Gasteiger partial charge in [-0.3, -0.25) is 9.79 Å². The zero-order chi connectivity index (χ0) is 13.9. The van der Waals surface area contributed by atoms with Crippen LogP contribution in [0, 0.1) is 0 Å². The van der Waals surface area contributed by atoms with Crippen molar-refractivity contribution in [2.45, 2.75) is 6.42 Å². The molecule has 6 heteroatoms. The fourth-order valence-corrected chi connectivity index (χ4v) is 3.18. The third kappa shape index (κ3) is 2.51. The molecular weight excluding hydrogens is 274 g/mol. The standard InChI is InChI=1S/C14H15N3O2S/c1-19-12-5-3-2-4-11(12)16-13(18)8-10-9-20-14-15-6-7-17(10)14/h2-5,9H,6-8H2,1H3,(H,16,18). The summed E-state index contributed by atoms with van der Waals surface area (Å²) in [5.41, 5.74) is 1.71. The first-order valence-corrected chi connectivity index (χ1v) is 7.26. The number of benzene rings is 1. The number of methoxy groups -OCH3 is 1. The van der Waals surface area contributed by atoms with Crippen LogP contribution in [-0.2, 0) is 4.79 Å². The molecule has 1 aromatic carbocycles. The molecule has 20 heavy (non-hydrogen) atoms. The van der Waals surface area contributed by atoms with Crippen molar-refractivity contribution in [2.75, 3.05) is 25.5 Å². The Kier molecular flexibility index (Phi) is 3.64. The summed E-state index contributed by atoms with van der Waals surface area (Å²) in [6.07, 6.45) is 0.351. The van der Waals surface area contributed by atoms with E-state index in [0.717, 1.165) is 24.0 Å². The molecule has 0 aromatic heterocycles. The highest BCUT2D eigenvalue weighted by molar-refractivity contribution is 8.16. The van der Waals surface area contributed by atoms with Gasteiger partial charge in [-0.15, -0.1) is 0 Å². The zero-order valence-electron chi connectivity index (χ0n) is 11.1. The van der Waals surface area contributed by atoms with Gasteiger partial charge in [-0.25, -0.2) is 0 Å². The summed E-state index contributed by atoms with van der Waals surface area (Å²) < 4.78 is 5.22. The van der Waals surface area contributed by atoms with Crippen LogP contribution in [0.5, 0.6) is 5.75 Å². The number of carbonyl (C=O) groups is 1. The number of hydrogen-bond acceptors (Lipinski definition) is 5. The third-order valence-corrected chi connectivity index (χ3v) is 4.12. The van der Waals surface area contributed by atoms with Gasteiger partial charge < -0.3 is 15.0 Å². The van der Waals surface area contributed by atoms with Crippen LogP contribution in [0.4, 0.5) is 5.69 Å². The molecule has 1 N–H and O–H groups in total. The number of thioether (sulfide) groups is 1. The topological polar surface area (TPSA) is 53.9 Å². The molecule has 5 nitrogen and oxygen atoms in total. The molecule has 2 aliphatic heterocycles. The summed E-state index contributed by atoms with van der Waals surface area (Å²) in [5, 5.41) is 5.89. The second kappa shape index (κ2) is 5.58. The Bertz CT molecular complexity index is 598. The van der Waals surface area contributed by atoms with E-state index < -0.39 is 0 Å². The number of amidine groups is 1. The number of para-hydroxylation sites is 2. The monoisotopic (exact) mass is 289 g/mol. The predicted molar refractivity (Wildman–Crippen MR) is 80.9 cm³/mol. The largest absolute Gasteiger partial charge is 0.495 e. The number of fused-ring (bicyclic) bond motifs is 1. The molecule has 0 unspecified atom stereocenters. The van der Waals surface area contributed by atoms with E-state index in [0.29, 0.717) is 17.9 Å². The van der Waals surface area contributed by atoms with Crippen molar-refractivity contribution in [2.24, 2.45) is 4.99 Å². The second-order valence-corrected chi connectivity index (χ2v) is 5.30. The van der Waals surface area contributed by atoms with E-state index in [1.807, 2.05) is 29.7 Å². The van der Waals surface area contributed by atoms with E-state index in [4.69, 9.17) is 4.74 Å². The Morgan fingerprint density at radius 1 is 1.50 bits per heavy atom. The maximum Gasteiger partial charge on any atom is 0.230 e. The van der Waals surface area contributed by atoms with Crippen LogP contribution in [-0.4, -0.2) is 36.2 Å². The second-order valence-electron chi connectivity index (χ2n) is 4.47. The lowest BCUT2D eigenvalue weighted by molar-refractivity contribution is -0.115. The average molecular weight is 289 g/mol. The summed E-state index contributed by atoms with van der Waals surface area (Å²) >= 11 is 1.59. The van der Waals surface area contributed by atoms with E-state index in [1.54, 1.807) is 18.9 Å². The lowest BCUT2D eigenvalue weighted by atomic mass is 10.2. The normalized spacial score (nSPS) is 16.6. The third-order valence-electron chi connectivity index (χ3n) is 3.17. The van der Waals surface area contributed by atoms with Crippen LogP contribution in [0.1, 0.15) is 6.42 Å². The van der Waals surface area contributed by atoms with Crippen LogP contribution in [0.15, 0.2) is 40.4 Å². The molecule has 0 bridgehead atoms. The number of hydrogen-bond donors (Lipinski definition) is 1. The van der Waals surface area contributed by atoms with Gasteiger partial charge in [-0.1, -0.05) is 23.9 Å². The Balaban J connectivity index is 1.64. The SMILES string of the molecule is COc1ccccc1NC(=O)CC1=CSC2=NCCN12. The highest BCUT2D eigenvalue weighted by Crippen LogP contribution is 2.31. The van der Waals surface area contributed by atoms with Gasteiger partial charge in [0.2, 0.25) is 5.91 Å². The number of nitrogens with one attached hydrogen (secondary N) is 1. The molecule has 2 heterocycles. The summed E-state index contributed by atoms with van der Waals surface area (Å²) in [6.45, 7) is 1.68. The Morgan fingerprint density at radius 3 is 3.20 bits per heavy atom. The Morgan fingerprint density at radius 2 is 2.35 bits per heavy atom. The van der Waals surface area contributed by atoms with Crippen molar-refractivity contribution in [1.82, 2.24) is 4.90 Å². The minimum Gasteiger partial charge on any atom is -0.495 e. The van der Waals surface area contributed by atoms with Gasteiger partial charge in [-0.2, -0.15) is 0 Å². The summed E-state index contributed by atoms with van der Waals surface area (Å²) in [5.74, 6) is 0.619. The fraction of sp³-hybridized carbons (Fsp3) is 0.286. The van der Waals surface area contributed by atoms with Gasteiger partial charge in [0.15, 0.2) is 5.17 Å². The molecule has 0 radical (unpaired) electrons. The van der Waals surface area contributed by atoms with Crippen molar-refractivity contribution >= 4 is 28.5 Å². The molecule has 1 amide bonds. The first-order valence-electron chi connectivity index (χ1n) is 6.38. The maximum absolute atomic E-state index is 12.1. The number of nitrogens with zero attached hydrogens (tertiary/aromatic N) is 2. The average Bonchev–Trinajstić information content (AvgIpc) is 3.04. The first-order chi connectivity index (χ1) is 9.78. The van der Waals surface area contributed by atoms with Crippen molar-refractivity contribution in [1.29, 1.82) is 0 Å². The fourth-order valence-electron chi connectivity index (χ4n) is 2.22. The molecule has 0 atom stereocenters. The minimum absolute atomic E-state index is 0.0468. The van der Waals surface area contributed by atoms with Crippen LogP contribution in [0.2, 0.25) is 0 Å². The molecule has 0 saturated heterocycles. The molecule has 0 aliphatic carbocycles. The predicted octanol–water partition coefficient (Wildman–Crippen LogP) is 2.28. The smallest absolute Gasteiger partial charge is 0.230 e. The maximum atomic E-state index is 12.1. The highest BCUT2D eigenvalue weighted by Gasteiger charge is 2.27. The van der Waals surface area contributed by atoms with E-state index in [-0.39, 0.29) is 5.91 Å². The van der Waals surface area contributed by atoms with E-state index >= 15 is 0 Å². The van der Waals surface area contributed by atoms with Gasteiger partial charge >= 0.3 is 0 Å². The molecule has 0 fully saturated rings.